The molecule has 2 heteroatoms. The lowest BCUT2D eigenvalue weighted by molar-refractivity contribution is 0.413. The highest BCUT2D eigenvalue weighted by atomic mass is 16.5. The standard InChI is InChI=1S/C13H19NO/c1-4-14-13-7-9(2)11-6-5-10(15-3)8-12(11)13/h5-6,8-9,13-14H,4,7H2,1-3H3. The molecule has 15 heavy (non-hydrogen) atoms. The van der Waals surface area contributed by atoms with E-state index in [1.165, 1.54) is 17.5 Å². The molecule has 0 heterocycles. The van der Waals surface area contributed by atoms with Gasteiger partial charge >= 0.3 is 0 Å². The van der Waals surface area contributed by atoms with Crippen LogP contribution in [-0.2, 0) is 0 Å². The van der Waals surface area contributed by atoms with Gasteiger partial charge in [0.15, 0.2) is 0 Å². The molecule has 2 nitrogen and oxygen atoms in total. The Labute approximate surface area is 91.6 Å². The Kier molecular flexibility index (Phi) is 2.96. The maximum atomic E-state index is 5.27. The molecular weight excluding hydrogens is 186 g/mol. The highest BCUT2D eigenvalue weighted by Crippen LogP contribution is 2.41. The number of rotatable bonds is 3. The molecule has 0 aliphatic heterocycles. The fourth-order valence-corrected chi connectivity index (χ4v) is 2.48. The number of methoxy groups -OCH3 is 1. The molecule has 0 saturated heterocycles. The third-order valence-corrected chi connectivity index (χ3v) is 3.24. The van der Waals surface area contributed by atoms with E-state index in [4.69, 9.17) is 4.74 Å². The highest BCUT2D eigenvalue weighted by molar-refractivity contribution is 5.43. The molecular formula is C13H19NO. The fraction of sp³-hybridized carbons (Fsp3) is 0.538. The van der Waals surface area contributed by atoms with Crippen LogP contribution in [0.25, 0.3) is 0 Å². The SMILES string of the molecule is CCNC1CC(C)c2ccc(OC)cc21. The minimum absolute atomic E-state index is 0.509. The molecule has 0 fully saturated rings. The molecule has 82 valence electrons. The lowest BCUT2D eigenvalue weighted by Crippen LogP contribution is -2.18. The second-order valence-corrected chi connectivity index (χ2v) is 4.24. The number of nitrogens with one attached hydrogen (secondary N) is 1. The van der Waals surface area contributed by atoms with Crippen molar-refractivity contribution in [2.45, 2.75) is 32.2 Å². The van der Waals surface area contributed by atoms with E-state index in [0.29, 0.717) is 12.0 Å². The molecule has 0 amide bonds. The van der Waals surface area contributed by atoms with Gasteiger partial charge in [0.1, 0.15) is 5.75 Å². The van der Waals surface area contributed by atoms with Crippen molar-refractivity contribution in [1.82, 2.24) is 5.32 Å². The fourth-order valence-electron chi connectivity index (χ4n) is 2.48. The summed E-state index contributed by atoms with van der Waals surface area (Å²) in [6.07, 6.45) is 1.20. The lowest BCUT2D eigenvalue weighted by atomic mass is 10.0. The first-order valence-corrected chi connectivity index (χ1v) is 5.67. The molecule has 1 aromatic carbocycles. The number of benzene rings is 1. The Balaban J connectivity index is 2.34. The van der Waals surface area contributed by atoms with Crippen molar-refractivity contribution >= 4 is 0 Å². The third kappa shape index (κ3) is 1.86. The number of hydrogen-bond acceptors (Lipinski definition) is 2. The molecule has 2 unspecified atom stereocenters. The Morgan fingerprint density at radius 3 is 2.87 bits per heavy atom. The van der Waals surface area contributed by atoms with Gasteiger partial charge in [-0.2, -0.15) is 0 Å². The molecule has 0 saturated carbocycles. The molecule has 1 N–H and O–H groups in total. The average molecular weight is 205 g/mol. The van der Waals surface area contributed by atoms with Crippen LogP contribution in [0, 0.1) is 0 Å². The molecule has 1 aromatic rings. The van der Waals surface area contributed by atoms with Gasteiger partial charge in [0.2, 0.25) is 0 Å². The zero-order chi connectivity index (χ0) is 10.8. The van der Waals surface area contributed by atoms with Gasteiger partial charge in [0.05, 0.1) is 7.11 Å². The van der Waals surface area contributed by atoms with Crippen LogP contribution < -0.4 is 10.1 Å². The van der Waals surface area contributed by atoms with E-state index < -0.39 is 0 Å². The normalized spacial score (nSPS) is 23.9. The Morgan fingerprint density at radius 1 is 1.40 bits per heavy atom. The van der Waals surface area contributed by atoms with E-state index in [-0.39, 0.29) is 0 Å². The van der Waals surface area contributed by atoms with Gasteiger partial charge in [-0.1, -0.05) is 19.9 Å². The van der Waals surface area contributed by atoms with Crippen LogP contribution in [0.2, 0.25) is 0 Å². The first kappa shape index (κ1) is 10.5. The van der Waals surface area contributed by atoms with E-state index in [9.17, 15) is 0 Å². The highest BCUT2D eigenvalue weighted by Gasteiger charge is 2.27. The van der Waals surface area contributed by atoms with Crippen LogP contribution >= 0.6 is 0 Å². The first-order valence-electron chi connectivity index (χ1n) is 5.67. The van der Waals surface area contributed by atoms with E-state index in [1.54, 1.807) is 7.11 Å². The van der Waals surface area contributed by atoms with Crippen molar-refractivity contribution in [1.29, 1.82) is 0 Å². The van der Waals surface area contributed by atoms with Gasteiger partial charge in [-0.25, -0.2) is 0 Å². The van der Waals surface area contributed by atoms with Crippen molar-refractivity contribution in [2.24, 2.45) is 0 Å². The molecule has 2 rings (SSSR count). The number of hydrogen-bond donors (Lipinski definition) is 1. The maximum absolute atomic E-state index is 5.27. The van der Waals surface area contributed by atoms with Crippen molar-refractivity contribution in [2.75, 3.05) is 13.7 Å². The quantitative estimate of drug-likeness (QED) is 0.819. The zero-order valence-corrected chi connectivity index (χ0v) is 9.71. The summed E-state index contributed by atoms with van der Waals surface area (Å²) in [5, 5.41) is 3.53. The summed E-state index contributed by atoms with van der Waals surface area (Å²) in [5.41, 5.74) is 2.89. The van der Waals surface area contributed by atoms with Gasteiger partial charge in [-0.15, -0.1) is 0 Å². The summed E-state index contributed by atoms with van der Waals surface area (Å²) < 4.78 is 5.27. The van der Waals surface area contributed by atoms with E-state index in [2.05, 4.69) is 37.4 Å². The predicted octanol–water partition coefficient (Wildman–Crippen LogP) is 2.85. The molecule has 1 aliphatic rings. The van der Waals surface area contributed by atoms with E-state index in [1.807, 2.05) is 0 Å². The Hall–Kier alpha value is -1.02. The summed E-state index contributed by atoms with van der Waals surface area (Å²) in [7, 11) is 1.72. The summed E-state index contributed by atoms with van der Waals surface area (Å²) in [5.74, 6) is 1.63. The Bertz CT molecular complexity index is 348. The van der Waals surface area contributed by atoms with E-state index in [0.717, 1.165) is 12.3 Å². The average Bonchev–Trinajstić information content (AvgIpc) is 2.56. The van der Waals surface area contributed by atoms with Crippen LogP contribution in [0.1, 0.15) is 43.4 Å². The largest absolute Gasteiger partial charge is 0.497 e. The molecule has 0 aromatic heterocycles. The Morgan fingerprint density at radius 2 is 2.20 bits per heavy atom. The minimum atomic E-state index is 0.509. The lowest BCUT2D eigenvalue weighted by Gasteiger charge is -2.12. The van der Waals surface area contributed by atoms with Crippen molar-refractivity contribution in [3.63, 3.8) is 0 Å². The van der Waals surface area contributed by atoms with Crippen molar-refractivity contribution in [3.05, 3.63) is 29.3 Å². The zero-order valence-electron chi connectivity index (χ0n) is 9.71. The monoisotopic (exact) mass is 205 g/mol. The van der Waals surface area contributed by atoms with E-state index >= 15 is 0 Å². The second kappa shape index (κ2) is 4.23. The van der Waals surface area contributed by atoms with Crippen LogP contribution in [0.5, 0.6) is 5.75 Å². The predicted molar refractivity (Wildman–Crippen MR) is 62.4 cm³/mol. The summed E-state index contributed by atoms with van der Waals surface area (Å²) in [6.45, 7) is 5.47. The first-order chi connectivity index (χ1) is 7.26. The molecule has 0 spiro atoms. The topological polar surface area (TPSA) is 21.3 Å². The van der Waals surface area contributed by atoms with Crippen LogP contribution in [0.15, 0.2) is 18.2 Å². The van der Waals surface area contributed by atoms with Crippen LogP contribution in [-0.4, -0.2) is 13.7 Å². The molecule has 0 bridgehead atoms. The van der Waals surface area contributed by atoms with Crippen molar-refractivity contribution < 1.29 is 4.74 Å². The van der Waals surface area contributed by atoms with Crippen molar-refractivity contribution in [3.8, 4) is 5.75 Å². The molecule has 0 radical (unpaired) electrons. The summed E-state index contributed by atoms with van der Waals surface area (Å²) in [4.78, 5) is 0. The number of ether oxygens (including phenoxy) is 1. The van der Waals surface area contributed by atoms with Gasteiger partial charge in [-0.3, -0.25) is 0 Å². The van der Waals surface area contributed by atoms with Crippen LogP contribution in [0.4, 0.5) is 0 Å². The smallest absolute Gasteiger partial charge is 0.119 e. The van der Waals surface area contributed by atoms with Gasteiger partial charge in [-0.05, 0) is 42.1 Å². The second-order valence-electron chi connectivity index (χ2n) is 4.24. The van der Waals surface area contributed by atoms with Gasteiger partial charge in [0.25, 0.3) is 0 Å². The molecule has 1 aliphatic carbocycles. The van der Waals surface area contributed by atoms with Gasteiger partial charge < -0.3 is 10.1 Å². The van der Waals surface area contributed by atoms with Gasteiger partial charge in [0, 0.05) is 6.04 Å². The molecule has 2 atom stereocenters. The summed E-state index contributed by atoms with van der Waals surface area (Å²) in [6, 6.07) is 6.95. The number of fused-ring (bicyclic) bond motifs is 1. The summed E-state index contributed by atoms with van der Waals surface area (Å²) >= 11 is 0. The third-order valence-electron chi connectivity index (χ3n) is 3.24. The maximum Gasteiger partial charge on any atom is 0.119 e. The minimum Gasteiger partial charge on any atom is -0.497 e. The van der Waals surface area contributed by atoms with Crippen LogP contribution in [0.3, 0.4) is 0 Å².